The Morgan fingerprint density at radius 2 is 2.24 bits per heavy atom. The molecule has 1 aromatic heterocycles. The number of nitro benzene ring substituents is 1. The zero-order valence-corrected chi connectivity index (χ0v) is 9.16. The smallest absolute Gasteiger partial charge is 0.267 e. The Morgan fingerprint density at radius 1 is 1.47 bits per heavy atom. The van der Waals surface area contributed by atoms with Gasteiger partial charge in [-0.1, -0.05) is 11.6 Å². The van der Waals surface area contributed by atoms with E-state index in [1.165, 1.54) is 24.5 Å². The van der Waals surface area contributed by atoms with E-state index >= 15 is 0 Å². The van der Waals surface area contributed by atoms with Crippen LogP contribution in [0.15, 0.2) is 36.7 Å². The van der Waals surface area contributed by atoms with Crippen molar-refractivity contribution in [2.45, 2.75) is 0 Å². The summed E-state index contributed by atoms with van der Waals surface area (Å²) in [6.45, 7) is 0. The molecule has 2 rings (SSSR count). The lowest BCUT2D eigenvalue weighted by Crippen LogP contribution is -2.12. The number of hydrogen-bond donors (Lipinski definition) is 0. The van der Waals surface area contributed by atoms with Crippen LogP contribution in [-0.2, 0) is 0 Å². The van der Waals surface area contributed by atoms with Gasteiger partial charge < -0.3 is 0 Å². The molecule has 0 fully saturated rings. The molecule has 0 bridgehead atoms. The maximum atomic E-state index is 11.8. The summed E-state index contributed by atoms with van der Waals surface area (Å²) in [4.78, 5) is 21.9. The third-order valence-electron chi connectivity index (χ3n) is 2.10. The molecular weight excluding hydrogens is 246 g/mol. The van der Waals surface area contributed by atoms with E-state index in [9.17, 15) is 14.9 Å². The lowest BCUT2D eigenvalue weighted by molar-refractivity contribution is -0.384. The van der Waals surface area contributed by atoms with Crippen LogP contribution in [0.4, 0.5) is 5.69 Å². The maximum Gasteiger partial charge on any atom is 0.288 e. The topological polar surface area (TPSA) is 78.0 Å². The molecule has 0 aliphatic heterocycles. The minimum atomic E-state index is -0.637. The first kappa shape index (κ1) is 11.3. The molecule has 0 saturated heterocycles. The van der Waals surface area contributed by atoms with Gasteiger partial charge in [0.15, 0.2) is 0 Å². The zero-order valence-electron chi connectivity index (χ0n) is 8.41. The Kier molecular flexibility index (Phi) is 2.88. The molecule has 1 aromatic carbocycles. The zero-order chi connectivity index (χ0) is 12.4. The first-order chi connectivity index (χ1) is 8.09. The summed E-state index contributed by atoms with van der Waals surface area (Å²) < 4.78 is 1.09. The fraction of sp³-hybridized carbons (Fsp3) is 0. The number of hydrogen-bond acceptors (Lipinski definition) is 4. The van der Waals surface area contributed by atoms with Gasteiger partial charge in [0, 0.05) is 24.0 Å². The molecule has 0 spiro atoms. The number of aromatic nitrogens is 2. The summed E-state index contributed by atoms with van der Waals surface area (Å²) in [5.41, 5.74) is -0.144. The molecular formula is C10H6ClN3O3. The average molecular weight is 252 g/mol. The van der Waals surface area contributed by atoms with Gasteiger partial charge in [-0.25, -0.2) is 4.68 Å². The number of nitrogens with zero attached hydrogens (tertiary/aromatic N) is 3. The van der Waals surface area contributed by atoms with Crippen LogP contribution in [0.3, 0.4) is 0 Å². The van der Waals surface area contributed by atoms with E-state index in [1.807, 2.05) is 0 Å². The Bertz CT molecular complexity index is 580. The predicted octanol–water partition coefficient (Wildman–Crippen LogP) is 2.13. The molecule has 0 atom stereocenters. The predicted molar refractivity (Wildman–Crippen MR) is 60.1 cm³/mol. The van der Waals surface area contributed by atoms with Crippen molar-refractivity contribution in [2.75, 3.05) is 0 Å². The summed E-state index contributed by atoms with van der Waals surface area (Å²) in [6, 6.07) is 5.45. The van der Waals surface area contributed by atoms with Crippen LogP contribution in [0.25, 0.3) is 0 Å². The standard InChI is InChI=1S/C10H6ClN3O3/c11-8-3-2-7(6-9(8)14(16)17)10(15)13-5-1-4-12-13/h1-6H. The van der Waals surface area contributed by atoms with Crippen molar-refractivity contribution in [3.05, 3.63) is 57.4 Å². The molecule has 0 amide bonds. The Hall–Kier alpha value is -2.21. The van der Waals surface area contributed by atoms with Crippen LogP contribution in [-0.4, -0.2) is 20.6 Å². The number of halogens is 1. The van der Waals surface area contributed by atoms with Crippen molar-refractivity contribution >= 4 is 23.2 Å². The second-order valence-corrected chi connectivity index (χ2v) is 3.59. The van der Waals surface area contributed by atoms with Gasteiger partial charge in [-0.2, -0.15) is 5.10 Å². The van der Waals surface area contributed by atoms with Crippen molar-refractivity contribution < 1.29 is 9.72 Å². The quantitative estimate of drug-likeness (QED) is 0.605. The van der Waals surface area contributed by atoms with Gasteiger partial charge in [0.05, 0.1) is 4.92 Å². The molecule has 6 nitrogen and oxygen atoms in total. The fourth-order valence-electron chi connectivity index (χ4n) is 1.31. The van der Waals surface area contributed by atoms with Crippen LogP contribution in [0.5, 0.6) is 0 Å². The van der Waals surface area contributed by atoms with Crippen LogP contribution in [0, 0.1) is 10.1 Å². The van der Waals surface area contributed by atoms with Gasteiger partial charge in [0.1, 0.15) is 5.02 Å². The van der Waals surface area contributed by atoms with E-state index in [2.05, 4.69) is 5.10 Å². The molecule has 17 heavy (non-hydrogen) atoms. The second kappa shape index (κ2) is 4.34. The molecule has 0 aliphatic rings. The van der Waals surface area contributed by atoms with Crippen molar-refractivity contribution in [3.8, 4) is 0 Å². The summed E-state index contributed by atoms with van der Waals surface area (Å²) >= 11 is 5.65. The van der Waals surface area contributed by atoms with E-state index in [0.29, 0.717) is 0 Å². The maximum absolute atomic E-state index is 11.8. The number of benzene rings is 1. The largest absolute Gasteiger partial charge is 0.288 e. The molecule has 0 aliphatic carbocycles. The van der Waals surface area contributed by atoms with E-state index < -0.39 is 10.8 Å². The monoisotopic (exact) mass is 251 g/mol. The van der Waals surface area contributed by atoms with Gasteiger partial charge in [-0.15, -0.1) is 0 Å². The number of rotatable bonds is 2. The Labute approximate surface area is 101 Å². The molecule has 86 valence electrons. The third kappa shape index (κ3) is 2.16. The first-order valence-corrected chi connectivity index (χ1v) is 4.95. The third-order valence-corrected chi connectivity index (χ3v) is 2.42. The molecule has 0 N–H and O–H groups in total. The Balaban J connectivity index is 2.44. The molecule has 1 heterocycles. The number of carbonyl (C=O) groups excluding carboxylic acids is 1. The molecule has 0 saturated carbocycles. The number of nitro groups is 1. The summed E-state index contributed by atoms with van der Waals surface area (Å²) in [5, 5.41) is 14.4. The second-order valence-electron chi connectivity index (χ2n) is 3.18. The van der Waals surface area contributed by atoms with Gasteiger partial charge in [-0.05, 0) is 18.2 Å². The lowest BCUT2D eigenvalue weighted by atomic mass is 10.2. The van der Waals surface area contributed by atoms with Crippen molar-refractivity contribution in [2.24, 2.45) is 0 Å². The van der Waals surface area contributed by atoms with E-state index in [1.54, 1.807) is 6.07 Å². The molecule has 0 radical (unpaired) electrons. The summed E-state index contributed by atoms with van der Waals surface area (Å²) in [6.07, 6.45) is 2.91. The normalized spacial score (nSPS) is 10.2. The number of carbonyl (C=O) groups is 1. The SMILES string of the molecule is O=C(c1ccc(Cl)c([N+](=O)[O-])c1)n1cccn1. The highest BCUT2D eigenvalue weighted by atomic mass is 35.5. The summed E-state index contributed by atoms with van der Waals surface area (Å²) in [5.74, 6) is -0.449. The minimum Gasteiger partial charge on any atom is -0.267 e. The van der Waals surface area contributed by atoms with Crippen molar-refractivity contribution in [1.82, 2.24) is 9.78 Å². The van der Waals surface area contributed by atoms with Gasteiger partial charge in [0.25, 0.3) is 11.6 Å². The van der Waals surface area contributed by atoms with Gasteiger partial charge in [0.2, 0.25) is 0 Å². The van der Waals surface area contributed by atoms with E-state index in [4.69, 9.17) is 11.6 Å². The van der Waals surface area contributed by atoms with E-state index in [0.717, 1.165) is 10.7 Å². The highest BCUT2D eigenvalue weighted by molar-refractivity contribution is 6.32. The molecule has 0 unspecified atom stereocenters. The van der Waals surface area contributed by atoms with Gasteiger partial charge >= 0.3 is 0 Å². The first-order valence-electron chi connectivity index (χ1n) is 4.58. The van der Waals surface area contributed by atoms with Crippen LogP contribution in [0.1, 0.15) is 10.4 Å². The lowest BCUT2D eigenvalue weighted by Gasteiger charge is -2.01. The molecule has 2 aromatic rings. The van der Waals surface area contributed by atoms with Crippen molar-refractivity contribution in [1.29, 1.82) is 0 Å². The fourth-order valence-corrected chi connectivity index (χ4v) is 1.49. The van der Waals surface area contributed by atoms with Crippen LogP contribution in [0.2, 0.25) is 5.02 Å². The van der Waals surface area contributed by atoms with Crippen LogP contribution < -0.4 is 0 Å². The highest BCUT2D eigenvalue weighted by Crippen LogP contribution is 2.25. The molecule has 7 heteroatoms. The van der Waals surface area contributed by atoms with E-state index in [-0.39, 0.29) is 16.3 Å². The Morgan fingerprint density at radius 3 is 2.82 bits per heavy atom. The average Bonchev–Trinajstić information content (AvgIpc) is 2.81. The van der Waals surface area contributed by atoms with Crippen molar-refractivity contribution in [3.63, 3.8) is 0 Å². The summed E-state index contributed by atoms with van der Waals surface area (Å²) in [7, 11) is 0. The van der Waals surface area contributed by atoms with Crippen LogP contribution >= 0.6 is 11.6 Å². The minimum absolute atomic E-state index is 0.00739. The highest BCUT2D eigenvalue weighted by Gasteiger charge is 2.17. The van der Waals surface area contributed by atoms with Gasteiger partial charge in [-0.3, -0.25) is 14.9 Å².